The molecule has 0 bridgehead atoms. The molecule has 7 nitrogen and oxygen atoms in total. The van der Waals surface area contributed by atoms with Crippen LogP contribution >= 0.6 is 0 Å². The first kappa shape index (κ1) is 17.0. The molecule has 1 atom stereocenters. The minimum absolute atomic E-state index is 0.0624. The van der Waals surface area contributed by atoms with E-state index in [1.54, 1.807) is 24.3 Å². The van der Waals surface area contributed by atoms with Crippen LogP contribution in [-0.4, -0.2) is 44.0 Å². The Labute approximate surface area is 134 Å². The lowest BCUT2D eigenvalue weighted by molar-refractivity contribution is -0.139. The van der Waals surface area contributed by atoms with E-state index in [4.69, 9.17) is 0 Å². The number of benzene rings is 1. The van der Waals surface area contributed by atoms with Crippen LogP contribution in [0.15, 0.2) is 24.3 Å². The van der Waals surface area contributed by atoms with Crippen molar-refractivity contribution in [3.63, 3.8) is 0 Å². The molecule has 0 aromatic heterocycles. The summed E-state index contributed by atoms with van der Waals surface area (Å²) in [4.78, 5) is 34.9. The van der Waals surface area contributed by atoms with Gasteiger partial charge in [0.05, 0.1) is 13.2 Å². The number of rotatable bonds is 5. The minimum atomic E-state index is -0.512. The molecule has 7 heteroatoms. The second-order valence-electron chi connectivity index (χ2n) is 5.33. The van der Waals surface area contributed by atoms with Gasteiger partial charge in [-0.2, -0.15) is 0 Å². The number of methoxy groups -OCH3 is 1. The molecule has 2 rings (SSSR count). The molecule has 1 fully saturated rings. The molecule has 1 aromatic rings. The smallest absolute Gasteiger partial charge is 0.325 e. The molecule has 3 N–H and O–H groups in total. The Bertz CT molecular complexity index is 565. The molecule has 23 heavy (non-hydrogen) atoms. The zero-order chi connectivity index (χ0) is 16.7. The fourth-order valence-electron chi connectivity index (χ4n) is 2.34. The number of amides is 2. The third-order valence-corrected chi connectivity index (χ3v) is 3.66. The van der Waals surface area contributed by atoms with Crippen molar-refractivity contribution in [2.45, 2.75) is 25.3 Å². The fraction of sp³-hybridized carbons (Fsp3) is 0.438. The van der Waals surface area contributed by atoms with Crippen molar-refractivity contribution >= 4 is 23.5 Å². The van der Waals surface area contributed by atoms with E-state index < -0.39 is 5.97 Å². The summed E-state index contributed by atoms with van der Waals surface area (Å²) < 4.78 is 4.45. The van der Waals surface area contributed by atoms with E-state index >= 15 is 0 Å². The Morgan fingerprint density at radius 3 is 2.57 bits per heavy atom. The monoisotopic (exact) mass is 319 g/mol. The molecular formula is C16H21N3O4. The van der Waals surface area contributed by atoms with Crippen molar-refractivity contribution in [3.8, 4) is 0 Å². The third-order valence-electron chi connectivity index (χ3n) is 3.66. The number of hydrogen-bond acceptors (Lipinski definition) is 5. The molecule has 0 radical (unpaired) electrons. The van der Waals surface area contributed by atoms with Crippen LogP contribution in [0.25, 0.3) is 0 Å². The van der Waals surface area contributed by atoms with Gasteiger partial charge in [0, 0.05) is 11.3 Å². The highest BCUT2D eigenvalue weighted by Crippen LogP contribution is 2.13. The largest absolute Gasteiger partial charge is 0.468 e. The topological polar surface area (TPSA) is 96.5 Å². The Morgan fingerprint density at radius 1 is 1.22 bits per heavy atom. The lowest BCUT2D eigenvalue weighted by Crippen LogP contribution is -2.43. The Morgan fingerprint density at radius 2 is 1.96 bits per heavy atom. The summed E-state index contributed by atoms with van der Waals surface area (Å²) >= 11 is 0. The number of carbonyl (C=O) groups excluding carboxylic acids is 3. The second kappa shape index (κ2) is 8.28. The Kier molecular flexibility index (Phi) is 6.10. The summed E-state index contributed by atoms with van der Waals surface area (Å²) in [5.41, 5.74) is 1.04. The maximum atomic E-state index is 12.1. The number of esters is 1. The molecule has 124 valence electrons. The van der Waals surface area contributed by atoms with Gasteiger partial charge in [-0.05, 0) is 43.7 Å². The summed E-state index contributed by atoms with van der Waals surface area (Å²) in [5.74, 6) is -0.947. The summed E-state index contributed by atoms with van der Waals surface area (Å²) in [6.07, 6.45) is 2.98. The maximum Gasteiger partial charge on any atom is 0.325 e. The standard InChI is InChI=1S/C16H21N3O4/c1-23-14(20)10-18-15(21)11-5-7-12(8-6-11)19-16(22)13-4-2-3-9-17-13/h5-8,13,17H,2-4,9-10H2,1H3,(H,18,21)(H,19,22). The number of hydrogen-bond donors (Lipinski definition) is 3. The van der Waals surface area contributed by atoms with Crippen molar-refractivity contribution < 1.29 is 19.1 Å². The molecule has 1 aliphatic rings. The quantitative estimate of drug-likeness (QED) is 0.693. The van der Waals surface area contributed by atoms with Gasteiger partial charge in [-0.3, -0.25) is 14.4 Å². The predicted octanol–water partition coefficient (Wildman–Crippen LogP) is 0.670. The van der Waals surface area contributed by atoms with Gasteiger partial charge in [-0.25, -0.2) is 0 Å². The summed E-state index contributed by atoms with van der Waals surface area (Å²) in [7, 11) is 1.26. The number of nitrogens with one attached hydrogen (secondary N) is 3. The third kappa shape index (κ3) is 5.07. The van der Waals surface area contributed by atoms with Gasteiger partial charge < -0.3 is 20.7 Å². The number of piperidine rings is 1. The van der Waals surface area contributed by atoms with Gasteiger partial charge in [0.1, 0.15) is 6.54 Å². The normalized spacial score (nSPS) is 17.2. The lowest BCUT2D eigenvalue weighted by Gasteiger charge is -2.22. The first-order chi connectivity index (χ1) is 11.1. The maximum absolute atomic E-state index is 12.1. The summed E-state index contributed by atoms with van der Waals surface area (Å²) in [6, 6.07) is 6.35. The van der Waals surface area contributed by atoms with Crippen LogP contribution < -0.4 is 16.0 Å². The van der Waals surface area contributed by atoms with E-state index in [1.807, 2.05) is 0 Å². The molecule has 0 aliphatic carbocycles. The average molecular weight is 319 g/mol. The van der Waals surface area contributed by atoms with Crippen LogP contribution in [0.5, 0.6) is 0 Å². The number of ether oxygens (including phenoxy) is 1. The zero-order valence-corrected chi connectivity index (χ0v) is 13.1. The van der Waals surface area contributed by atoms with Crippen molar-refractivity contribution in [3.05, 3.63) is 29.8 Å². The van der Waals surface area contributed by atoms with Crippen LogP contribution in [0, 0.1) is 0 Å². The number of carbonyl (C=O) groups is 3. The first-order valence-electron chi connectivity index (χ1n) is 7.59. The Hall–Kier alpha value is -2.41. The van der Waals surface area contributed by atoms with E-state index in [0.29, 0.717) is 11.3 Å². The molecule has 1 unspecified atom stereocenters. The molecule has 1 heterocycles. The van der Waals surface area contributed by atoms with Crippen LogP contribution in [-0.2, 0) is 14.3 Å². The highest BCUT2D eigenvalue weighted by atomic mass is 16.5. The highest BCUT2D eigenvalue weighted by Gasteiger charge is 2.20. The van der Waals surface area contributed by atoms with E-state index in [2.05, 4.69) is 20.7 Å². The molecule has 0 saturated carbocycles. The molecule has 1 saturated heterocycles. The van der Waals surface area contributed by atoms with Crippen molar-refractivity contribution in [2.75, 3.05) is 25.5 Å². The van der Waals surface area contributed by atoms with Crippen LogP contribution in [0.3, 0.4) is 0 Å². The average Bonchev–Trinajstić information content (AvgIpc) is 2.60. The predicted molar refractivity (Wildman–Crippen MR) is 85.1 cm³/mol. The van der Waals surface area contributed by atoms with Crippen LogP contribution in [0.4, 0.5) is 5.69 Å². The van der Waals surface area contributed by atoms with E-state index in [0.717, 1.165) is 25.8 Å². The summed E-state index contributed by atoms with van der Waals surface area (Å²) in [5, 5.41) is 8.46. The number of anilines is 1. The SMILES string of the molecule is COC(=O)CNC(=O)c1ccc(NC(=O)C2CCCCN2)cc1. The van der Waals surface area contributed by atoms with Crippen LogP contribution in [0.1, 0.15) is 29.6 Å². The van der Waals surface area contributed by atoms with Gasteiger partial charge in [0.25, 0.3) is 5.91 Å². The van der Waals surface area contributed by atoms with E-state index in [1.165, 1.54) is 7.11 Å². The Balaban J connectivity index is 1.87. The molecule has 0 spiro atoms. The molecule has 1 aliphatic heterocycles. The minimum Gasteiger partial charge on any atom is -0.468 e. The van der Waals surface area contributed by atoms with E-state index in [-0.39, 0.29) is 24.4 Å². The van der Waals surface area contributed by atoms with Gasteiger partial charge >= 0.3 is 5.97 Å². The molecule has 2 amide bonds. The summed E-state index contributed by atoms with van der Waals surface area (Å²) in [6.45, 7) is 0.679. The first-order valence-corrected chi connectivity index (χ1v) is 7.59. The van der Waals surface area contributed by atoms with Gasteiger partial charge in [0.15, 0.2) is 0 Å². The van der Waals surface area contributed by atoms with Crippen molar-refractivity contribution in [2.24, 2.45) is 0 Å². The lowest BCUT2D eigenvalue weighted by atomic mass is 10.0. The van der Waals surface area contributed by atoms with E-state index in [9.17, 15) is 14.4 Å². The fourth-order valence-corrected chi connectivity index (χ4v) is 2.34. The van der Waals surface area contributed by atoms with Crippen molar-refractivity contribution in [1.82, 2.24) is 10.6 Å². The van der Waals surface area contributed by atoms with Crippen LogP contribution in [0.2, 0.25) is 0 Å². The van der Waals surface area contributed by atoms with Gasteiger partial charge in [0.2, 0.25) is 5.91 Å². The zero-order valence-electron chi connectivity index (χ0n) is 13.1. The van der Waals surface area contributed by atoms with Gasteiger partial charge in [-0.1, -0.05) is 6.42 Å². The molecular weight excluding hydrogens is 298 g/mol. The van der Waals surface area contributed by atoms with Crippen molar-refractivity contribution in [1.29, 1.82) is 0 Å². The van der Waals surface area contributed by atoms with Gasteiger partial charge in [-0.15, -0.1) is 0 Å². The highest BCUT2D eigenvalue weighted by molar-refractivity contribution is 5.98. The molecule has 1 aromatic carbocycles. The second-order valence-corrected chi connectivity index (χ2v) is 5.33.